The van der Waals surface area contributed by atoms with Crippen molar-refractivity contribution in [1.29, 1.82) is 5.41 Å². The molecule has 2 aliphatic heterocycles. The van der Waals surface area contributed by atoms with Crippen molar-refractivity contribution in [3.8, 4) is 33.6 Å². The number of alkyl carbamates (subject to hydrolysis) is 2. The first-order valence-electron chi connectivity index (χ1n) is 20.6. The van der Waals surface area contributed by atoms with Gasteiger partial charge in [0.05, 0.1) is 56.1 Å². The molecule has 60 heavy (non-hydrogen) atoms. The SMILES string of the molecule is COC(=O)N[C@@H](C(C)C)C(O)N1C[C@@H](C=N)C[C@H]1c1ncc(-c2ccc(-c3ccc4cc(-c5cnc([C@@H]6CCCN6C(=O)[C@@H](NC(=O)OC)C(C)C)[nH]5)ccc4c3)cc2)[nH]1. The predicted molar refractivity (Wildman–Crippen MR) is 229 cm³/mol. The van der Waals surface area contributed by atoms with Gasteiger partial charge in [-0.2, -0.15) is 0 Å². The van der Waals surface area contributed by atoms with Crippen LogP contribution in [-0.4, -0.2) is 105 Å². The Hall–Kier alpha value is -6.06. The van der Waals surface area contributed by atoms with Crippen LogP contribution in [0.5, 0.6) is 0 Å². The molecule has 15 nitrogen and oxygen atoms in total. The number of rotatable bonds is 13. The molecule has 316 valence electrons. The van der Waals surface area contributed by atoms with Crippen molar-refractivity contribution in [3.63, 3.8) is 0 Å². The van der Waals surface area contributed by atoms with Gasteiger partial charge in [0.15, 0.2) is 0 Å². The second-order valence-corrected chi connectivity index (χ2v) is 16.5. The minimum absolute atomic E-state index is 0.0650. The lowest BCUT2D eigenvalue weighted by Gasteiger charge is -2.35. The minimum Gasteiger partial charge on any atom is -0.453 e. The van der Waals surface area contributed by atoms with Crippen molar-refractivity contribution in [2.45, 2.75) is 77.4 Å². The fourth-order valence-corrected chi connectivity index (χ4v) is 8.50. The first-order valence-corrected chi connectivity index (χ1v) is 20.6. The van der Waals surface area contributed by atoms with Gasteiger partial charge in [-0.15, -0.1) is 0 Å². The average molecular weight is 818 g/mol. The topological polar surface area (TPSA) is 202 Å². The first-order chi connectivity index (χ1) is 28.9. The summed E-state index contributed by atoms with van der Waals surface area (Å²) in [5.74, 6) is 1.03. The molecule has 3 aromatic carbocycles. The number of H-pyrrole nitrogens is 2. The summed E-state index contributed by atoms with van der Waals surface area (Å²) in [6.45, 7) is 8.72. The van der Waals surface area contributed by atoms with E-state index in [4.69, 9.17) is 24.9 Å². The van der Waals surface area contributed by atoms with Gasteiger partial charge >= 0.3 is 12.2 Å². The van der Waals surface area contributed by atoms with E-state index in [1.807, 2.05) is 43.7 Å². The van der Waals surface area contributed by atoms with E-state index in [2.05, 4.69) is 81.3 Å². The van der Waals surface area contributed by atoms with Crippen molar-refractivity contribution < 1.29 is 29.0 Å². The lowest BCUT2D eigenvalue weighted by molar-refractivity contribution is -0.135. The quantitative estimate of drug-likeness (QED) is 0.0674. The Morgan fingerprint density at radius 2 is 1.37 bits per heavy atom. The standard InChI is InChI=1S/C45H55N9O6/c1-25(2)38(51-44(57)59-5)42(55)53-17-7-8-36(53)40-47-23-35(50-40)33-16-15-31-19-30(13-14-32(31)20-33)28-9-11-29(12-10-28)34-22-48-41(49-34)37-18-27(21-46)24-54(37)43(56)39(26(3)4)52-45(58)60-6/h9-16,19-23,25-27,36-39,43,46,56H,7-8,17-18,24H2,1-6H3,(H,47,50)(H,48,49)(H,51,57)(H,52,58)/t27-,36+,37+,38+,39+,43?/m1/s1. The lowest BCUT2D eigenvalue weighted by atomic mass is 9.98. The van der Waals surface area contributed by atoms with Crippen LogP contribution in [0.4, 0.5) is 9.59 Å². The van der Waals surface area contributed by atoms with Crippen LogP contribution in [0.25, 0.3) is 44.4 Å². The number of ether oxygens (including phenoxy) is 2. The monoisotopic (exact) mass is 817 g/mol. The molecule has 2 fully saturated rings. The molecule has 0 aliphatic carbocycles. The Morgan fingerprint density at radius 3 is 1.98 bits per heavy atom. The van der Waals surface area contributed by atoms with E-state index >= 15 is 0 Å². The molecular formula is C45H55N9O6. The highest BCUT2D eigenvalue weighted by Crippen LogP contribution is 2.38. The largest absolute Gasteiger partial charge is 0.453 e. The number of hydrogen-bond donors (Lipinski definition) is 6. The van der Waals surface area contributed by atoms with E-state index in [1.165, 1.54) is 20.4 Å². The Labute approximate surface area is 349 Å². The molecule has 6 N–H and O–H groups in total. The molecule has 5 aromatic rings. The van der Waals surface area contributed by atoms with E-state index in [0.717, 1.165) is 63.1 Å². The molecule has 15 heteroatoms. The number of aliphatic hydroxyl groups is 1. The average Bonchev–Trinajstić information content (AvgIpc) is 4.10. The molecule has 1 unspecified atom stereocenters. The number of methoxy groups -OCH3 is 2. The van der Waals surface area contributed by atoms with Gasteiger partial charge in [0.1, 0.15) is 23.9 Å². The van der Waals surface area contributed by atoms with Crippen molar-refractivity contribution in [2.75, 3.05) is 27.3 Å². The third-order valence-corrected chi connectivity index (χ3v) is 11.9. The van der Waals surface area contributed by atoms with Crippen molar-refractivity contribution in [1.82, 2.24) is 40.4 Å². The molecule has 0 bridgehead atoms. The van der Waals surface area contributed by atoms with Crippen LogP contribution in [0.2, 0.25) is 0 Å². The summed E-state index contributed by atoms with van der Waals surface area (Å²) in [4.78, 5) is 57.8. The van der Waals surface area contributed by atoms with E-state index < -0.39 is 30.5 Å². The van der Waals surface area contributed by atoms with Crippen LogP contribution >= 0.6 is 0 Å². The lowest BCUT2D eigenvalue weighted by Crippen LogP contribution is -2.54. The molecule has 0 radical (unpaired) electrons. The molecule has 4 heterocycles. The van der Waals surface area contributed by atoms with E-state index in [1.54, 1.807) is 6.20 Å². The molecule has 2 saturated heterocycles. The number of benzene rings is 3. The minimum atomic E-state index is -1.01. The van der Waals surface area contributed by atoms with Crippen molar-refractivity contribution in [3.05, 3.63) is 84.7 Å². The van der Waals surface area contributed by atoms with Crippen molar-refractivity contribution in [2.24, 2.45) is 17.8 Å². The number of nitrogens with one attached hydrogen (secondary N) is 5. The predicted octanol–water partition coefficient (Wildman–Crippen LogP) is 7.04. The summed E-state index contributed by atoms with van der Waals surface area (Å²) in [5.41, 5.74) is 5.80. The fraction of sp³-hybridized carbons (Fsp3) is 0.422. The highest BCUT2D eigenvalue weighted by atomic mass is 16.5. The zero-order chi connectivity index (χ0) is 42.7. The maximum Gasteiger partial charge on any atom is 0.407 e. The molecule has 7 rings (SSSR count). The molecule has 0 spiro atoms. The summed E-state index contributed by atoms with van der Waals surface area (Å²) in [5, 5.41) is 27.1. The number of carbonyl (C=O) groups excluding carboxylic acids is 3. The van der Waals surface area contributed by atoms with Crippen LogP contribution in [0.3, 0.4) is 0 Å². The number of aromatic amines is 2. The van der Waals surface area contributed by atoms with Crippen LogP contribution < -0.4 is 10.6 Å². The highest BCUT2D eigenvalue weighted by Gasteiger charge is 2.42. The van der Waals surface area contributed by atoms with Gasteiger partial charge in [-0.3, -0.25) is 9.69 Å². The third kappa shape index (κ3) is 8.77. The summed E-state index contributed by atoms with van der Waals surface area (Å²) in [7, 11) is 2.59. The summed E-state index contributed by atoms with van der Waals surface area (Å²) >= 11 is 0. The van der Waals surface area contributed by atoms with E-state index in [-0.39, 0.29) is 35.7 Å². The van der Waals surface area contributed by atoms with Gasteiger partial charge in [-0.1, -0.05) is 76.2 Å². The number of fused-ring (bicyclic) bond motifs is 1. The Bertz CT molecular complexity index is 2320. The number of imidazole rings is 2. The van der Waals surface area contributed by atoms with E-state index in [9.17, 15) is 19.5 Å². The van der Waals surface area contributed by atoms with Gasteiger partial charge in [0.25, 0.3) is 0 Å². The highest BCUT2D eigenvalue weighted by molar-refractivity contribution is 5.91. The third-order valence-electron chi connectivity index (χ3n) is 11.9. The summed E-state index contributed by atoms with van der Waals surface area (Å²) in [6.07, 6.45) is 5.02. The maximum atomic E-state index is 13.6. The van der Waals surface area contributed by atoms with Gasteiger partial charge < -0.3 is 45.5 Å². The molecule has 3 amide bonds. The smallest absolute Gasteiger partial charge is 0.407 e. The zero-order valence-corrected chi connectivity index (χ0v) is 34.9. The van der Waals surface area contributed by atoms with Gasteiger partial charge in [-0.25, -0.2) is 19.6 Å². The van der Waals surface area contributed by atoms with Crippen LogP contribution in [0.1, 0.15) is 70.7 Å². The molecule has 2 aromatic heterocycles. The van der Waals surface area contributed by atoms with Gasteiger partial charge in [0.2, 0.25) is 5.91 Å². The van der Waals surface area contributed by atoms with Crippen LogP contribution in [0, 0.1) is 23.2 Å². The van der Waals surface area contributed by atoms with Gasteiger partial charge in [-0.05, 0) is 76.9 Å². The first kappa shape index (κ1) is 42.1. The number of aromatic nitrogens is 4. The maximum absolute atomic E-state index is 13.6. The number of nitrogens with zero attached hydrogens (tertiary/aromatic N) is 4. The molecule has 6 atom stereocenters. The summed E-state index contributed by atoms with van der Waals surface area (Å²) < 4.78 is 9.58. The zero-order valence-electron chi connectivity index (χ0n) is 34.9. The Balaban J connectivity index is 1.04. The Kier molecular flexibility index (Phi) is 12.7. The molecule has 0 saturated carbocycles. The second-order valence-electron chi connectivity index (χ2n) is 16.5. The van der Waals surface area contributed by atoms with Gasteiger partial charge in [0, 0.05) is 24.6 Å². The Morgan fingerprint density at radius 1 is 0.800 bits per heavy atom. The summed E-state index contributed by atoms with van der Waals surface area (Å²) in [6, 6.07) is 19.3. The van der Waals surface area contributed by atoms with Crippen molar-refractivity contribution >= 4 is 35.1 Å². The fourth-order valence-electron chi connectivity index (χ4n) is 8.50. The van der Waals surface area contributed by atoms with Crippen LogP contribution in [0.15, 0.2) is 73.1 Å². The number of likely N-dealkylation sites (tertiary alicyclic amines) is 2. The second kappa shape index (κ2) is 18.1. The number of carbonyl (C=O) groups is 3. The number of amides is 3. The molecule has 2 aliphatic rings. The van der Waals surface area contributed by atoms with Crippen LogP contribution in [-0.2, 0) is 14.3 Å². The van der Waals surface area contributed by atoms with E-state index in [0.29, 0.717) is 25.3 Å². The number of hydrogen-bond acceptors (Lipinski definition) is 10. The normalized spacial score (nSPS) is 19.7. The molecular weight excluding hydrogens is 763 g/mol. The number of aliphatic hydroxyl groups excluding tert-OH is 1.